The Balaban J connectivity index is 2.07. The smallest absolute Gasteiger partial charge is 0.402 e. The lowest BCUT2D eigenvalue weighted by Gasteiger charge is -2.36. The standard InChI is InChI=1S/C27H24F8O2/c1-4-15(2)20-21(29)23(31)25(24(32)22(20)30)37-19-11-7-17(8-12-19)26(13-14-28,27(33,34)35)16-5-9-18(36-3)10-6-16/h5-12,15H,4,13-14H2,1-3H3. The average Bonchev–Trinajstić information content (AvgIpc) is 2.88. The SMILES string of the molecule is CCC(C)c1c(F)c(F)c(Oc2ccc(C(CCF)(c3ccc(OC)cc3)C(F)(F)F)cc2)c(F)c1F. The molecule has 10 heteroatoms. The molecule has 2 unspecified atom stereocenters. The van der Waals surface area contributed by atoms with Crippen LogP contribution in [0.5, 0.6) is 17.2 Å². The van der Waals surface area contributed by atoms with Crippen molar-refractivity contribution in [3.63, 3.8) is 0 Å². The molecule has 0 N–H and O–H groups in total. The Morgan fingerprint density at radius 2 is 1.22 bits per heavy atom. The van der Waals surface area contributed by atoms with Crippen LogP contribution in [0.2, 0.25) is 0 Å². The van der Waals surface area contributed by atoms with Gasteiger partial charge in [-0.3, -0.25) is 4.39 Å². The molecule has 0 spiro atoms. The van der Waals surface area contributed by atoms with Crippen LogP contribution in [0, 0.1) is 23.3 Å². The van der Waals surface area contributed by atoms with Crippen LogP contribution >= 0.6 is 0 Å². The zero-order valence-corrected chi connectivity index (χ0v) is 20.2. The molecule has 0 amide bonds. The van der Waals surface area contributed by atoms with E-state index >= 15 is 0 Å². The first kappa shape index (κ1) is 28.3. The monoisotopic (exact) mass is 532 g/mol. The predicted octanol–water partition coefficient (Wildman–Crippen LogP) is 8.77. The van der Waals surface area contributed by atoms with Gasteiger partial charge >= 0.3 is 6.18 Å². The molecule has 0 aromatic heterocycles. The summed E-state index contributed by atoms with van der Waals surface area (Å²) in [4.78, 5) is 0. The minimum Gasteiger partial charge on any atom is -0.497 e. The van der Waals surface area contributed by atoms with E-state index in [0.717, 1.165) is 24.3 Å². The summed E-state index contributed by atoms with van der Waals surface area (Å²) in [5, 5.41) is 0. The number of alkyl halides is 4. The number of methoxy groups -OCH3 is 1. The van der Waals surface area contributed by atoms with Crippen molar-refractivity contribution in [1.82, 2.24) is 0 Å². The average molecular weight is 532 g/mol. The van der Waals surface area contributed by atoms with E-state index in [1.54, 1.807) is 6.92 Å². The van der Waals surface area contributed by atoms with Gasteiger partial charge in [-0.25, -0.2) is 8.78 Å². The lowest BCUT2D eigenvalue weighted by atomic mass is 9.71. The van der Waals surface area contributed by atoms with E-state index in [1.165, 1.54) is 38.3 Å². The minimum atomic E-state index is -4.94. The summed E-state index contributed by atoms with van der Waals surface area (Å²) >= 11 is 0. The molecular weight excluding hydrogens is 508 g/mol. The molecule has 0 saturated carbocycles. The summed E-state index contributed by atoms with van der Waals surface area (Å²) in [7, 11) is 1.34. The number of halogens is 8. The molecular formula is C27H24F8O2. The molecule has 0 aliphatic heterocycles. The van der Waals surface area contributed by atoms with Gasteiger partial charge in [0, 0.05) is 5.56 Å². The third-order valence-electron chi connectivity index (χ3n) is 6.47. The van der Waals surface area contributed by atoms with Crippen molar-refractivity contribution in [3.8, 4) is 17.2 Å². The van der Waals surface area contributed by atoms with Gasteiger partial charge < -0.3 is 9.47 Å². The highest BCUT2D eigenvalue weighted by Gasteiger charge is 2.56. The summed E-state index contributed by atoms with van der Waals surface area (Å²) in [5.41, 5.74) is -4.16. The van der Waals surface area contributed by atoms with Gasteiger partial charge in [0.2, 0.25) is 17.4 Å². The molecule has 200 valence electrons. The number of ether oxygens (including phenoxy) is 2. The van der Waals surface area contributed by atoms with E-state index in [4.69, 9.17) is 9.47 Å². The third-order valence-corrected chi connectivity index (χ3v) is 6.47. The molecule has 0 aliphatic rings. The van der Waals surface area contributed by atoms with Crippen molar-refractivity contribution in [3.05, 3.63) is 88.5 Å². The van der Waals surface area contributed by atoms with E-state index in [-0.39, 0.29) is 23.3 Å². The molecule has 0 radical (unpaired) electrons. The minimum absolute atomic E-state index is 0.211. The quantitative estimate of drug-likeness (QED) is 0.203. The Morgan fingerprint density at radius 1 is 0.757 bits per heavy atom. The van der Waals surface area contributed by atoms with Crippen LogP contribution in [0.15, 0.2) is 48.5 Å². The van der Waals surface area contributed by atoms with Gasteiger partial charge in [-0.05, 0) is 54.2 Å². The fraction of sp³-hybridized carbons (Fsp3) is 0.333. The van der Waals surface area contributed by atoms with Crippen LogP contribution in [0.4, 0.5) is 35.1 Å². The zero-order valence-electron chi connectivity index (χ0n) is 20.2. The van der Waals surface area contributed by atoms with Gasteiger partial charge in [-0.2, -0.15) is 22.0 Å². The van der Waals surface area contributed by atoms with Gasteiger partial charge in [-0.1, -0.05) is 38.1 Å². The molecule has 3 rings (SSSR count). The summed E-state index contributed by atoms with van der Waals surface area (Å²) in [5.74, 6) is -9.03. The van der Waals surface area contributed by atoms with Crippen molar-refractivity contribution < 1.29 is 44.6 Å². The maximum absolute atomic E-state index is 14.6. The first-order valence-electron chi connectivity index (χ1n) is 11.3. The topological polar surface area (TPSA) is 18.5 Å². The molecule has 2 nitrogen and oxygen atoms in total. The third kappa shape index (κ3) is 5.10. The van der Waals surface area contributed by atoms with Gasteiger partial charge in [0.1, 0.15) is 16.9 Å². The lowest BCUT2D eigenvalue weighted by molar-refractivity contribution is -0.181. The van der Waals surface area contributed by atoms with Gasteiger partial charge in [-0.15, -0.1) is 0 Å². The van der Waals surface area contributed by atoms with Crippen molar-refractivity contribution in [2.24, 2.45) is 0 Å². The van der Waals surface area contributed by atoms with Crippen LogP contribution in [0.1, 0.15) is 49.3 Å². The van der Waals surface area contributed by atoms with Crippen molar-refractivity contribution in [2.45, 2.75) is 44.2 Å². The Labute approximate surface area is 208 Å². The van der Waals surface area contributed by atoms with Crippen molar-refractivity contribution >= 4 is 0 Å². The molecule has 3 aromatic rings. The second kappa shape index (κ2) is 11.0. The molecule has 0 saturated heterocycles. The fourth-order valence-electron chi connectivity index (χ4n) is 4.22. The van der Waals surface area contributed by atoms with E-state index < -0.39 is 65.2 Å². The van der Waals surface area contributed by atoms with Crippen LogP contribution in [-0.2, 0) is 5.41 Å². The van der Waals surface area contributed by atoms with Crippen LogP contribution < -0.4 is 9.47 Å². The summed E-state index contributed by atoms with van der Waals surface area (Å²) in [6, 6.07) is 8.77. The molecule has 37 heavy (non-hydrogen) atoms. The van der Waals surface area contributed by atoms with E-state index in [9.17, 15) is 35.1 Å². The lowest BCUT2D eigenvalue weighted by Crippen LogP contribution is -2.44. The zero-order chi connectivity index (χ0) is 27.5. The number of benzene rings is 3. The molecule has 2 atom stereocenters. The summed E-state index contributed by atoms with van der Waals surface area (Å²) in [6.07, 6.45) is -5.67. The van der Waals surface area contributed by atoms with Gasteiger partial charge in [0.25, 0.3) is 0 Å². The second-order valence-electron chi connectivity index (χ2n) is 8.51. The molecule has 0 bridgehead atoms. The maximum atomic E-state index is 14.6. The number of hydrogen-bond donors (Lipinski definition) is 0. The maximum Gasteiger partial charge on any atom is 0.402 e. The normalized spacial score (nSPS) is 14.2. The highest BCUT2D eigenvalue weighted by molar-refractivity contribution is 5.46. The van der Waals surface area contributed by atoms with Crippen LogP contribution in [0.3, 0.4) is 0 Å². The molecule has 0 heterocycles. The highest BCUT2D eigenvalue weighted by atomic mass is 19.4. The van der Waals surface area contributed by atoms with Crippen molar-refractivity contribution in [2.75, 3.05) is 13.8 Å². The van der Waals surface area contributed by atoms with Gasteiger partial charge in [0.05, 0.1) is 13.8 Å². The Hall–Kier alpha value is -3.30. The second-order valence-corrected chi connectivity index (χ2v) is 8.51. The first-order valence-corrected chi connectivity index (χ1v) is 11.3. The van der Waals surface area contributed by atoms with Crippen molar-refractivity contribution in [1.29, 1.82) is 0 Å². The van der Waals surface area contributed by atoms with Gasteiger partial charge in [0.15, 0.2) is 11.6 Å². The molecule has 0 aliphatic carbocycles. The first-order chi connectivity index (χ1) is 17.4. The van der Waals surface area contributed by atoms with E-state index in [1.807, 2.05) is 0 Å². The highest BCUT2D eigenvalue weighted by Crippen LogP contribution is 2.49. The summed E-state index contributed by atoms with van der Waals surface area (Å²) < 4.78 is 125. The number of rotatable bonds is 9. The summed E-state index contributed by atoms with van der Waals surface area (Å²) in [6.45, 7) is 1.68. The van der Waals surface area contributed by atoms with E-state index in [0.29, 0.717) is 5.75 Å². The Kier molecular flexibility index (Phi) is 8.39. The fourth-order valence-corrected chi connectivity index (χ4v) is 4.22. The number of hydrogen-bond acceptors (Lipinski definition) is 2. The largest absolute Gasteiger partial charge is 0.497 e. The Bertz CT molecular complexity index is 1190. The molecule has 0 fully saturated rings. The van der Waals surface area contributed by atoms with Crippen LogP contribution in [-0.4, -0.2) is 20.0 Å². The predicted molar refractivity (Wildman–Crippen MR) is 122 cm³/mol. The molecule has 3 aromatic carbocycles. The van der Waals surface area contributed by atoms with Crippen LogP contribution in [0.25, 0.3) is 0 Å². The Morgan fingerprint density at radius 3 is 1.59 bits per heavy atom. The van der Waals surface area contributed by atoms with E-state index in [2.05, 4.69) is 0 Å².